The van der Waals surface area contributed by atoms with Crippen molar-refractivity contribution in [3.63, 3.8) is 0 Å². The lowest BCUT2D eigenvalue weighted by Crippen LogP contribution is -2.27. The molecule has 0 unspecified atom stereocenters. The molecule has 0 amide bonds. The van der Waals surface area contributed by atoms with Crippen LogP contribution >= 0.6 is 0 Å². The minimum atomic E-state index is -0.0668. The Bertz CT molecular complexity index is 757. The fourth-order valence-electron chi connectivity index (χ4n) is 2.05. The summed E-state index contributed by atoms with van der Waals surface area (Å²) in [6.45, 7) is 1.86. The molecule has 0 aromatic carbocycles. The second-order valence-electron chi connectivity index (χ2n) is 4.50. The van der Waals surface area contributed by atoms with Crippen molar-refractivity contribution >= 4 is 11.0 Å². The summed E-state index contributed by atoms with van der Waals surface area (Å²) < 4.78 is 8.39. The van der Waals surface area contributed by atoms with Crippen molar-refractivity contribution in [1.82, 2.24) is 24.6 Å². The lowest BCUT2D eigenvalue weighted by Gasteiger charge is -2.06. The summed E-state index contributed by atoms with van der Waals surface area (Å²) in [6, 6.07) is 3.75. The van der Waals surface area contributed by atoms with Crippen molar-refractivity contribution in [3.05, 3.63) is 47.0 Å². The van der Waals surface area contributed by atoms with Crippen molar-refractivity contribution < 1.29 is 4.42 Å². The van der Waals surface area contributed by atoms with Gasteiger partial charge in [0.1, 0.15) is 17.5 Å². The Morgan fingerprint density at radius 2 is 2.35 bits per heavy atom. The first kappa shape index (κ1) is 12.6. The molecule has 0 radical (unpaired) electrons. The van der Waals surface area contributed by atoms with E-state index in [1.54, 1.807) is 35.1 Å². The van der Waals surface area contributed by atoms with Gasteiger partial charge in [-0.3, -0.25) is 14.0 Å². The minimum absolute atomic E-state index is 0.0668. The highest BCUT2D eigenvalue weighted by atomic mass is 16.3. The third kappa shape index (κ3) is 2.35. The van der Waals surface area contributed by atoms with Gasteiger partial charge < -0.3 is 9.73 Å². The minimum Gasteiger partial charge on any atom is -0.468 e. The third-order valence-corrected chi connectivity index (χ3v) is 3.13. The topological polar surface area (TPSA) is 77.9 Å². The van der Waals surface area contributed by atoms with Crippen LogP contribution in [0.25, 0.3) is 11.0 Å². The van der Waals surface area contributed by atoms with Gasteiger partial charge in [-0.05, 0) is 12.1 Å². The molecule has 0 spiro atoms. The van der Waals surface area contributed by atoms with Gasteiger partial charge >= 0.3 is 0 Å². The summed E-state index contributed by atoms with van der Waals surface area (Å²) in [6.07, 6.45) is 4.75. The molecule has 7 heteroatoms. The lowest BCUT2D eigenvalue weighted by molar-refractivity contribution is 0.474. The molecule has 1 N–H and O–H groups in total. The van der Waals surface area contributed by atoms with Gasteiger partial charge in [0.2, 0.25) is 0 Å². The Balaban J connectivity index is 1.65. The first-order chi connectivity index (χ1) is 9.75. The van der Waals surface area contributed by atoms with Crippen molar-refractivity contribution in [2.24, 2.45) is 7.05 Å². The van der Waals surface area contributed by atoms with Crippen LogP contribution in [0.4, 0.5) is 0 Å². The van der Waals surface area contributed by atoms with E-state index in [0.717, 1.165) is 5.76 Å². The highest BCUT2D eigenvalue weighted by molar-refractivity contribution is 5.72. The van der Waals surface area contributed by atoms with Crippen molar-refractivity contribution in [2.75, 3.05) is 6.54 Å². The van der Waals surface area contributed by atoms with Gasteiger partial charge in [-0.25, -0.2) is 4.98 Å². The Kier molecular flexibility index (Phi) is 3.34. The Morgan fingerprint density at radius 1 is 1.45 bits per heavy atom. The van der Waals surface area contributed by atoms with E-state index in [2.05, 4.69) is 15.4 Å². The Labute approximate surface area is 114 Å². The highest BCUT2D eigenvalue weighted by Gasteiger charge is 2.07. The molecular weight excluding hydrogens is 258 g/mol. The van der Waals surface area contributed by atoms with Gasteiger partial charge in [-0.1, -0.05) is 0 Å². The molecule has 0 atom stereocenters. The van der Waals surface area contributed by atoms with Crippen molar-refractivity contribution in [1.29, 1.82) is 0 Å². The van der Waals surface area contributed by atoms with Crippen LogP contribution in [0.5, 0.6) is 0 Å². The van der Waals surface area contributed by atoms with E-state index in [4.69, 9.17) is 4.42 Å². The van der Waals surface area contributed by atoms with Crippen molar-refractivity contribution in [2.45, 2.75) is 13.1 Å². The molecule has 3 aromatic heterocycles. The third-order valence-electron chi connectivity index (χ3n) is 3.13. The zero-order valence-electron chi connectivity index (χ0n) is 11.1. The molecule has 3 heterocycles. The van der Waals surface area contributed by atoms with E-state index >= 15 is 0 Å². The van der Waals surface area contributed by atoms with Crippen LogP contribution in [-0.4, -0.2) is 25.9 Å². The normalized spacial score (nSPS) is 11.2. The second kappa shape index (κ2) is 5.30. The summed E-state index contributed by atoms with van der Waals surface area (Å²) in [4.78, 5) is 16.4. The molecule has 7 nitrogen and oxygen atoms in total. The van der Waals surface area contributed by atoms with E-state index in [-0.39, 0.29) is 5.56 Å². The Morgan fingerprint density at radius 3 is 3.15 bits per heavy atom. The molecule has 0 saturated carbocycles. The number of aryl methyl sites for hydroxylation is 1. The summed E-state index contributed by atoms with van der Waals surface area (Å²) in [5, 5.41) is 7.80. The quantitative estimate of drug-likeness (QED) is 0.685. The van der Waals surface area contributed by atoms with E-state index in [1.165, 1.54) is 0 Å². The molecular formula is C13H15N5O2. The van der Waals surface area contributed by atoms with Gasteiger partial charge in [0.25, 0.3) is 5.56 Å². The fraction of sp³-hybridized carbons (Fsp3) is 0.308. The molecule has 3 rings (SSSR count). The monoisotopic (exact) mass is 273 g/mol. The predicted octanol–water partition coefficient (Wildman–Crippen LogP) is 0.513. The molecule has 0 saturated heterocycles. The van der Waals surface area contributed by atoms with Crippen LogP contribution in [0.3, 0.4) is 0 Å². The number of hydrogen-bond acceptors (Lipinski definition) is 5. The number of hydrogen-bond donors (Lipinski definition) is 1. The predicted molar refractivity (Wildman–Crippen MR) is 73.2 cm³/mol. The van der Waals surface area contributed by atoms with E-state index in [9.17, 15) is 4.79 Å². The van der Waals surface area contributed by atoms with Gasteiger partial charge in [0.15, 0.2) is 5.65 Å². The average Bonchev–Trinajstić information content (AvgIpc) is 3.08. The standard InChI is InChI=1S/C13H15N5O2/c1-17-12-11(8-16-17)13(19)18(9-15-12)5-4-14-7-10-3-2-6-20-10/h2-3,6,8-9,14H,4-5,7H2,1H3. The molecule has 0 aliphatic carbocycles. The summed E-state index contributed by atoms with van der Waals surface area (Å²) >= 11 is 0. The number of fused-ring (bicyclic) bond motifs is 1. The number of nitrogens with zero attached hydrogens (tertiary/aromatic N) is 4. The number of rotatable bonds is 5. The molecule has 104 valence electrons. The maximum absolute atomic E-state index is 12.2. The molecule has 0 bridgehead atoms. The fourth-order valence-corrected chi connectivity index (χ4v) is 2.05. The van der Waals surface area contributed by atoms with Gasteiger partial charge in [0.05, 0.1) is 19.0 Å². The smallest absolute Gasteiger partial charge is 0.264 e. The molecule has 0 aliphatic rings. The van der Waals surface area contributed by atoms with Gasteiger partial charge in [-0.2, -0.15) is 5.10 Å². The van der Waals surface area contributed by atoms with Crippen molar-refractivity contribution in [3.8, 4) is 0 Å². The average molecular weight is 273 g/mol. The van der Waals surface area contributed by atoms with E-state index in [0.29, 0.717) is 30.7 Å². The summed E-state index contributed by atoms with van der Waals surface area (Å²) in [7, 11) is 1.77. The maximum atomic E-state index is 12.2. The SMILES string of the molecule is Cn1ncc2c(=O)n(CCNCc3ccco3)cnc21. The van der Waals surface area contributed by atoms with Crippen LogP contribution in [-0.2, 0) is 20.1 Å². The first-order valence-electron chi connectivity index (χ1n) is 6.36. The molecule has 0 aliphatic heterocycles. The second-order valence-corrected chi connectivity index (χ2v) is 4.50. The number of nitrogens with one attached hydrogen (secondary N) is 1. The van der Waals surface area contributed by atoms with Crippen LogP contribution < -0.4 is 10.9 Å². The Hall–Kier alpha value is -2.41. The number of aromatic nitrogens is 4. The van der Waals surface area contributed by atoms with E-state index < -0.39 is 0 Å². The molecule has 0 fully saturated rings. The van der Waals surface area contributed by atoms with Gasteiger partial charge in [0, 0.05) is 20.1 Å². The zero-order chi connectivity index (χ0) is 13.9. The first-order valence-corrected chi connectivity index (χ1v) is 6.36. The maximum Gasteiger partial charge on any atom is 0.264 e. The van der Waals surface area contributed by atoms with Crippen LogP contribution in [0.2, 0.25) is 0 Å². The lowest BCUT2D eigenvalue weighted by atomic mass is 10.4. The zero-order valence-corrected chi connectivity index (χ0v) is 11.1. The highest BCUT2D eigenvalue weighted by Crippen LogP contribution is 2.03. The largest absolute Gasteiger partial charge is 0.468 e. The van der Waals surface area contributed by atoms with Crippen LogP contribution in [0.1, 0.15) is 5.76 Å². The molecule has 3 aromatic rings. The van der Waals surface area contributed by atoms with Gasteiger partial charge in [-0.15, -0.1) is 0 Å². The number of furan rings is 1. The van der Waals surface area contributed by atoms with E-state index in [1.807, 2.05) is 12.1 Å². The van der Waals surface area contributed by atoms with Crippen LogP contribution in [0.15, 0.2) is 40.1 Å². The van der Waals surface area contributed by atoms with Crippen LogP contribution in [0, 0.1) is 0 Å². The summed E-state index contributed by atoms with van der Waals surface area (Å²) in [5.41, 5.74) is 0.540. The summed E-state index contributed by atoms with van der Waals surface area (Å²) in [5.74, 6) is 0.873. The molecule has 20 heavy (non-hydrogen) atoms.